The number of hydrogen-bond acceptors (Lipinski definition) is 20. The van der Waals surface area contributed by atoms with Crippen molar-refractivity contribution in [3.63, 3.8) is 0 Å². The van der Waals surface area contributed by atoms with Crippen molar-refractivity contribution in [3.8, 4) is 0 Å². The van der Waals surface area contributed by atoms with Crippen LogP contribution in [-0.2, 0) is 101 Å². The van der Waals surface area contributed by atoms with Gasteiger partial charge in [-0.2, -0.15) is 84.2 Å². The van der Waals surface area contributed by atoms with Gasteiger partial charge in [0.05, 0.1) is 0 Å². The van der Waals surface area contributed by atoms with E-state index in [2.05, 4.69) is 0 Å². The molecule has 61 heavy (non-hydrogen) atoms. The van der Waals surface area contributed by atoms with Crippen molar-refractivity contribution in [2.75, 3.05) is 0 Å². The van der Waals surface area contributed by atoms with Gasteiger partial charge in [-0.1, -0.05) is 90.4 Å². The van der Waals surface area contributed by atoms with Crippen LogP contribution in [0.3, 0.4) is 0 Å². The third-order valence-corrected chi connectivity index (χ3v) is 30.9. The van der Waals surface area contributed by atoms with Crippen LogP contribution in [0.15, 0.2) is 0 Å². The minimum absolute atomic E-state index is 0. The van der Waals surface area contributed by atoms with E-state index < -0.39 is 141 Å². The van der Waals surface area contributed by atoms with E-state index in [4.69, 9.17) is 0 Å². The van der Waals surface area contributed by atoms with Crippen LogP contribution in [0.4, 0.5) is 0 Å². The van der Waals surface area contributed by atoms with Crippen molar-refractivity contribution in [1.29, 1.82) is 0 Å². The molecule has 0 aliphatic heterocycles. The van der Waals surface area contributed by atoms with Gasteiger partial charge in [0.2, 0.25) is 0 Å². The van der Waals surface area contributed by atoms with E-state index in [0.717, 1.165) is 38.5 Å². The fraction of sp³-hybridized carbons (Fsp3) is 1.00. The molecule has 0 aromatic heterocycles. The van der Waals surface area contributed by atoms with Crippen LogP contribution >= 0.6 is 0 Å². The predicted octanol–water partition coefficient (Wildman–Crippen LogP) is -2.19. The van der Waals surface area contributed by atoms with Crippen molar-refractivity contribution < 1.29 is 130 Å². The number of hydrogen-bond donors (Lipinski definition) is 10. The summed E-state index contributed by atoms with van der Waals surface area (Å²) in [6.07, 6.45) is 2.00. The predicted molar refractivity (Wildman–Crippen MR) is 208 cm³/mol. The summed E-state index contributed by atoms with van der Waals surface area (Å²) in [6.45, 7) is 1.99. The second kappa shape index (κ2) is 20.3. The molecular weight excluding hydrogens is 1050 g/mol. The zero-order valence-corrected chi connectivity index (χ0v) is 38.4. The molecule has 0 amide bonds. The molecule has 0 aliphatic carbocycles. The maximum absolute atomic E-state index is 13.4. The Hall–Kier alpha value is -0.303. The summed E-state index contributed by atoms with van der Waals surface area (Å²) in [4.78, 5) is 0. The molecule has 41 heteroatoms. The molecule has 0 aliphatic rings. The van der Waals surface area contributed by atoms with Crippen LogP contribution < -0.4 is 0 Å². The first-order valence-electron chi connectivity index (χ1n) is 15.9. The van der Waals surface area contributed by atoms with Gasteiger partial charge in [0.15, 0.2) is 0 Å². The molecule has 0 saturated heterocycles. The summed E-state index contributed by atoms with van der Waals surface area (Å²) in [6, 6.07) is 0. The summed E-state index contributed by atoms with van der Waals surface area (Å²) in [5.74, 6) is 0. The zero-order valence-electron chi connectivity index (χ0n) is 30.2. The molecule has 364 valence electrons. The van der Waals surface area contributed by atoms with Gasteiger partial charge >= 0.3 is 60.8 Å². The summed E-state index contributed by atoms with van der Waals surface area (Å²) in [5.41, 5.74) is 0. The zero-order chi connectivity index (χ0) is 48.5. The molecule has 10 N–H and O–H groups in total. The SMILES string of the molecule is CCCCCCCCCCCCCCCC(C(C(C(C(S(=O)(=O)O)(S(=O)(=O)O)S(=O)(=O)O)(S(=O)(=O)O)S(=O)(=O)O)(S(=O)(=O)O)S(=O)(=O)O)(S(=O)(=O)O)S(=O)(=O)O)S(=O)(=O)O.[LiH]. The van der Waals surface area contributed by atoms with Gasteiger partial charge in [-0.15, -0.1) is 0 Å². The van der Waals surface area contributed by atoms with E-state index >= 15 is 0 Å². The fourth-order valence-corrected chi connectivity index (χ4v) is 32.4. The third-order valence-electron chi connectivity index (χ3n) is 8.89. The summed E-state index contributed by atoms with van der Waals surface area (Å²) < 4.78 is 330. The first-order valence-corrected chi connectivity index (χ1v) is 30.3. The maximum atomic E-state index is 13.4. The molecular formula is C20H43LiO30S10. The van der Waals surface area contributed by atoms with E-state index in [0.29, 0.717) is 19.3 Å². The first-order chi connectivity index (χ1) is 26.2. The van der Waals surface area contributed by atoms with Gasteiger partial charge < -0.3 is 0 Å². The Balaban J connectivity index is 0. The van der Waals surface area contributed by atoms with Crippen LogP contribution in [0.1, 0.15) is 96.8 Å². The molecule has 0 aromatic carbocycles. The van der Waals surface area contributed by atoms with Gasteiger partial charge in [-0.3, -0.25) is 45.5 Å². The van der Waals surface area contributed by atoms with Gasteiger partial charge in [-0.25, -0.2) is 0 Å². The molecule has 0 aromatic rings. The van der Waals surface area contributed by atoms with Gasteiger partial charge in [0.1, 0.15) is 5.25 Å². The van der Waals surface area contributed by atoms with E-state index in [1.165, 1.54) is 0 Å². The minimum atomic E-state index is -9.51. The van der Waals surface area contributed by atoms with Crippen LogP contribution in [0.25, 0.3) is 0 Å². The van der Waals surface area contributed by atoms with Gasteiger partial charge in [0.25, 0.3) is 74.9 Å². The molecule has 1 atom stereocenters. The Labute approximate surface area is 364 Å². The topological polar surface area (TPSA) is 544 Å². The molecule has 0 spiro atoms. The molecule has 1 unspecified atom stereocenters. The Morgan fingerprint density at radius 2 is 0.557 bits per heavy atom. The Morgan fingerprint density at radius 1 is 0.328 bits per heavy atom. The quantitative estimate of drug-likeness (QED) is 0.0226. The van der Waals surface area contributed by atoms with E-state index in [9.17, 15) is 130 Å². The van der Waals surface area contributed by atoms with Gasteiger partial charge in [-0.05, 0) is 6.42 Å². The molecule has 0 radical (unpaired) electrons. The monoisotopic (exact) mass is 1090 g/mol. The average molecular weight is 1090 g/mol. The Morgan fingerprint density at radius 3 is 0.738 bits per heavy atom. The number of rotatable bonds is 28. The summed E-state index contributed by atoms with van der Waals surface area (Å²) in [7, 11) is -90.6. The molecule has 0 bridgehead atoms. The fourth-order valence-electron chi connectivity index (χ4n) is 6.86. The standard InChI is InChI=1S/C20H42O30S10.Li.H/c1-2-3-4-5-6-7-8-9-10-11-12-13-14-15-16(51(21,22)23)17(52(24,25)26,53(27,28)29)18(54(30,31)32,55(33,34)35)19(56(36,37)38,57(39,40)41)20(58(42,43)44,59(45,46)47)60(48,49)50;;/h16H,2-15H2,1H3,(H,21,22,23)(H,24,25,26)(H,27,28,29)(H,30,31,32)(H,33,34,35)(H,36,37,38)(H,39,40,41)(H,42,43,44)(H,45,46,47)(H,48,49,50);;. The number of unbranched alkanes of at least 4 members (excludes halogenated alkanes) is 12. The molecule has 0 rings (SSSR count). The Kier molecular flexibility index (Phi) is 20.9. The second-order valence-electron chi connectivity index (χ2n) is 12.8. The molecule has 0 saturated carbocycles. The first kappa shape index (κ1) is 62.8. The van der Waals surface area contributed by atoms with Crippen molar-refractivity contribution in [2.45, 2.75) is 118 Å². The van der Waals surface area contributed by atoms with Crippen molar-refractivity contribution in [1.82, 2.24) is 0 Å². The normalized spacial score (nSPS) is 15.9. The van der Waals surface area contributed by atoms with Crippen molar-refractivity contribution in [2.24, 2.45) is 0 Å². The van der Waals surface area contributed by atoms with Crippen molar-refractivity contribution in [3.05, 3.63) is 0 Å². The second-order valence-corrected chi connectivity index (χ2v) is 30.0. The summed E-state index contributed by atoms with van der Waals surface area (Å²) in [5, 5.41) is -5.34. The van der Waals surface area contributed by atoms with E-state index in [1.54, 1.807) is 0 Å². The Bertz CT molecular complexity index is 2550. The third kappa shape index (κ3) is 11.0. The van der Waals surface area contributed by atoms with Crippen LogP contribution in [-0.4, -0.2) is 169 Å². The van der Waals surface area contributed by atoms with Crippen LogP contribution in [0.2, 0.25) is 0 Å². The molecule has 0 fully saturated rings. The van der Waals surface area contributed by atoms with E-state index in [1.807, 2.05) is 6.92 Å². The van der Waals surface area contributed by atoms with Crippen LogP contribution in [0, 0.1) is 0 Å². The average Bonchev–Trinajstić information content (AvgIpc) is 2.93. The van der Waals surface area contributed by atoms with E-state index in [-0.39, 0.29) is 31.7 Å². The molecule has 0 heterocycles. The van der Waals surface area contributed by atoms with Crippen molar-refractivity contribution >= 4 is 120 Å². The van der Waals surface area contributed by atoms with Gasteiger partial charge in [0, 0.05) is 0 Å². The summed E-state index contributed by atoms with van der Waals surface area (Å²) >= 11 is 0. The molecule has 30 nitrogen and oxygen atoms in total. The van der Waals surface area contributed by atoms with Crippen LogP contribution in [0.5, 0.6) is 0 Å².